The number of nitrogen functional groups attached to an aromatic ring is 1. The zero-order valence-corrected chi connectivity index (χ0v) is 16.8. The summed E-state index contributed by atoms with van der Waals surface area (Å²) in [6.45, 7) is 6.24. The van der Waals surface area contributed by atoms with E-state index < -0.39 is 0 Å². The molecule has 3 rings (SSSR count). The van der Waals surface area contributed by atoms with Crippen LogP contribution in [0.2, 0.25) is 0 Å². The van der Waals surface area contributed by atoms with Crippen molar-refractivity contribution in [3.05, 3.63) is 59.2 Å². The Balaban J connectivity index is 1.88. The fraction of sp³-hybridized carbons (Fsp3) is 0.391. The Kier molecular flexibility index (Phi) is 6.34. The summed E-state index contributed by atoms with van der Waals surface area (Å²) in [6, 6.07) is 12.8. The molecule has 2 N–H and O–H groups in total. The van der Waals surface area contributed by atoms with Crippen LogP contribution in [0.3, 0.4) is 0 Å². The normalized spacial score (nSPS) is 13.1. The van der Waals surface area contributed by atoms with Gasteiger partial charge in [-0.1, -0.05) is 26.0 Å². The van der Waals surface area contributed by atoms with E-state index in [9.17, 15) is 9.59 Å². The maximum absolute atomic E-state index is 13.2. The van der Waals surface area contributed by atoms with E-state index in [4.69, 9.17) is 5.73 Å². The van der Waals surface area contributed by atoms with Gasteiger partial charge in [-0.25, -0.2) is 0 Å². The summed E-state index contributed by atoms with van der Waals surface area (Å²) in [7, 11) is 0. The fourth-order valence-electron chi connectivity index (χ4n) is 3.84. The topological polar surface area (TPSA) is 66.6 Å². The van der Waals surface area contributed by atoms with E-state index in [1.807, 2.05) is 23.1 Å². The number of anilines is 2. The largest absolute Gasteiger partial charge is 0.398 e. The van der Waals surface area contributed by atoms with Crippen molar-refractivity contribution in [3.8, 4) is 0 Å². The first-order valence-corrected chi connectivity index (χ1v) is 10.1. The molecule has 0 bridgehead atoms. The van der Waals surface area contributed by atoms with Crippen molar-refractivity contribution in [2.24, 2.45) is 0 Å². The number of rotatable bonds is 6. The second-order valence-electron chi connectivity index (χ2n) is 7.28. The molecule has 0 unspecified atom stereocenters. The number of nitrogens with zero attached hydrogens (tertiary/aromatic N) is 2. The van der Waals surface area contributed by atoms with E-state index in [-0.39, 0.29) is 11.8 Å². The summed E-state index contributed by atoms with van der Waals surface area (Å²) >= 11 is 0. The third-order valence-electron chi connectivity index (χ3n) is 5.16. The summed E-state index contributed by atoms with van der Waals surface area (Å²) in [5.74, 6) is -0.0969. The van der Waals surface area contributed by atoms with Gasteiger partial charge in [0.1, 0.15) is 0 Å². The molecular formula is C23H29N3O2. The molecule has 1 heterocycles. The summed E-state index contributed by atoms with van der Waals surface area (Å²) in [6.07, 6.45) is 3.59. The predicted octanol–water partition coefficient (Wildman–Crippen LogP) is 4.12. The summed E-state index contributed by atoms with van der Waals surface area (Å²) in [5, 5.41) is 0. The molecule has 0 fully saturated rings. The van der Waals surface area contributed by atoms with Gasteiger partial charge in [0, 0.05) is 42.1 Å². The molecule has 148 valence electrons. The van der Waals surface area contributed by atoms with Gasteiger partial charge < -0.3 is 15.5 Å². The van der Waals surface area contributed by atoms with Crippen LogP contribution in [0.5, 0.6) is 0 Å². The minimum Gasteiger partial charge on any atom is -0.398 e. The third kappa shape index (κ3) is 4.03. The van der Waals surface area contributed by atoms with Gasteiger partial charge in [0.15, 0.2) is 0 Å². The Morgan fingerprint density at radius 2 is 1.71 bits per heavy atom. The lowest BCUT2D eigenvalue weighted by atomic mass is 9.98. The first kappa shape index (κ1) is 19.9. The van der Waals surface area contributed by atoms with Crippen molar-refractivity contribution in [1.29, 1.82) is 0 Å². The van der Waals surface area contributed by atoms with Crippen LogP contribution in [0.25, 0.3) is 0 Å². The molecule has 1 aliphatic rings. The van der Waals surface area contributed by atoms with Crippen LogP contribution in [-0.2, 0) is 6.42 Å². The first-order chi connectivity index (χ1) is 13.6. The highest BCUT2D eigenvalue weighted by molar-refractivity contribution is 6.08. The zero-order valence-electron chi connectivity index (χ0n) is 16.8. The number of nitrogens with two attached hydrogens (primary N) is 1. The van der Waals surface area contributed by atoms with Gasteiger partial charge in [-0.2, -0.15) is 0 Å². The predicted molar refractivity (Wildman–Crippen MR) is 114 cm³/mol. The van der Waals surface area contributed by atoms with Crippen LogP contribution >= 0.6 is 0 Å². The molecule has 0 aliphatic carbocycles. The van der Waals surface area contributed by atoms with Crippen molar-refractivity contribution >= 4 is 23.2 Å². The number of hydrogen-bond donors (Lipinski definition) is 1. The SMILES string of the molecule is CCCN(CCC)C(=O)c1cccc(C(=O)N2CCCc3c(N)cccc32)c1. The summed E-state index contributed by atoms with van der Waals surface area (Å²) in [5.41, 5.74) is 9.86. The fourth-order valence-corrected chi connectivity index (χ4v) is 3.84. The maximum atomic E-state index is 13.2. The van der Waals surface area contributed by atoms with E-state index in [1.165, 1.54) is 0 Å². The molecule has 0 aromatic heterocycles. The average molecular weight is 380 g/mol. The highest BCUT2D eigenvalue weighted by atomic mass is 16.2. The van der Waals surface area contributed by atoms with Crippen LogP contribution in [0.4, 0.5) is 11.4 Å². The lowest BCUT2D eigenvalue weighted by Gasteiger charge is -2.30. The lowest BCUT2D eigenvalue weighted by Crippen LogP contribution is -2.36. The molecule has 0 atom stereocenters. The number of amides is 2. The monoisotopic (exact) mass is 379 g/mol. The molecule has 28 heavy (non-hydrogen) atoms. The van der Waals surface area contributed by atoms with Gasteiger partial charge in [0.25, 0.3) is 11.8 Å². The summed E-state index contributed by atoms with van der Waals surface area (Å²) in [4.78, 5) is 29.8. The molecular weight excluding hydrogens is 350 g/mol. The molecule has 1 aliphatic heterocycles. The Hall–Kier alpha value is -2.82. The lowest BCUT2D eigenvalue weighted by molar-refractivity contribution is 0.0755. The quantitative estimate of drug-likeness (QED) is 0.768. The van der Waals surface area contributed by atoms with E-state index in [1.54, 1.807) is 29.2 Å². The van der Waals surface area contributed by atoms with Gasteiger partial charge in [-0.05, 0) is 61.6 Å². The van der Waals surface area contributed by atoms with Gasteiger partial charge >= 0.3 is 0 Å². The van der Waals surface area contributed by atoms with E-state index in [0.717, 1.165) is 55.7 Å². The highest BCUT2D eigenvalue weighted by Crippen LogP contribution is 2.32. The molecule has 2 amide bonds. The Labute approximate surface area is 167 Å². The van der Waals surface area contributed by atoms with Gasteiger partial charge in [-0.3, -0.25) is 9.59 Å². The van der Waals surface area contributed by atoms with E-state index >= 15 is 0 Å². The smallest absolute Gasteiger partial charge is 0.258 e. The van der Waals surface area contributed by atoms with Gasteiger partial charge in [0.2, 0.25) is 0 Å². The summed E-state index contributed by atoms with van der Waals surface area (Å²) < 4.78 is 0. The van der Waals surface area contributed by atoms with Crippen molar-refractivity contribution in [2.75, 3.05) is 30.3 Å². The van der Waals surface area contributed by atoms with Crippen molar-refractivity contribution in [2.45, 2.75) is 39.5 Å². The van der Waals surface area contributed by atoms with E-state index in [0.29, 0.717) is 17.7 Å². The third-order valence-corrected chi connectivity index (χ3v) is 5.16. The Morgan fingerprint density at radius 3 is 2.43 bits per heavy atom. The minimum absolute atomic E-state index is 0.0124. The second-order valence-corrected chi connectivity index (χ2v) is 7.28. The molecule has 5 heteroatoms. The average Bonchev–Trinajstić information content (AvgIpc) is 2.72. The number of fused-ring (bicyclic) bond motifs is 1. The molecule has 5 nitrogen and oxygen atoms in total. The van der Waals surface area contributed by atoms with Crippen LogP contribution < -0.4 is 10.6 Å². The van der Waals surface area contributed by atoms with Crippen LogP contribution in [0, 0.1) is 0 Å². The molecule has 2 aromatic carbocycles. The molecule has 0 radical (unpaired) electrons. The molecule has 0 spiro atoms. The van der Waals surface area contributed by atoms with Crippen LogP contribution in [0.15, 0.2) is 42.5 Å². The standard InChI is InChI=1S/C23H29N3O2/c1-3-13-25(14-4-2)22(27)17-8-5-9-18(16-17)23(28)26-15-7-10-19-20(24)11-6-12-21(19)26/h5-6,8-9,11-12,16H,3-4,7,10,13-15,24H2,1-2H3. The van der Waals surface area contributed by atoms with Gasteiger partial charge in [0.05, 0.1) is 0 Å². The first-order valence-electron chi connectivity index (χ1n) is 10.1. The van der Waals surface area contributed by atoms with Crippen molar-refractivity contribution in [3.63, 3.8) is 0 Å². The number of benzene rings is 2. The Bertz CT molecular complexity index is 857. The number of hydrogen-bond acceptors (Lipinski definition) is 3. The Morgan fingerprint density at radius 1 is 1.04 bits per heavy atom. The minimum atomic E-state index is -0.0845. The molecule has 0 saturated carbocycles. The molecule has 0 saturated heterocycles. The number of carbonyl (C=O) groups excluding carboxylic acids is 2. The maximum Gasteiger partial charge on any atom is 0.258 e. The van der Waals surface area contributed by atoms with Crippen LogP contribution in [0.1, 0.15) is 59.4 Å². The highest BCUT2D eigenvalue weighted by Gasteiger charge is 2.25. The number of carbonyl (C=O) groups is 2. The van der Waals surface area contributed by atoms with Crippen LogP contribution in [-0.4, -0.2) is 36.3 Å². The van der Waals surface area contributed by atoms with Crippen molar-refractivity contribution in [1.82, 2.24) is 4.90 Å². The zero-order chi connectivity index (χ0) is 20.1. The second kappa shape index (κ2) is 8.91. The molecule has 2 aromatic rings. The van der Waals surface area contributed by atoms with Crippen molar-refractivity contribution < 1.29 is 9.59 Å². The van der Waals surface area contributed by atoms with Gasteiger partial charge in [-0.15, -0.1) is 0 Å². The van der Waals surface area contributed by atoms with E-state index in [2.05, 4.69) is 13.8 Å².